The highest BCUT2D eigenvalue weighted by Gasteiger charge is 2.37. The Morgan fingerprint density at radius 3 is 1.82 bits per heavy atom. The molecule has 0 aliphatic carbocycles. The molecule has 71 heavy (non-hydrogen) atoms. The van der Waals surface area contributed by atoms with E-state index in [1.165, 1.54) is 19.9 Å². The second kappa shape index (κ2) is 29.6. The molecule has 0 radical (unpaired) electrons. The molecule has 0 saturated carbocycles. The third-order valence-corrected chi connectivity index (χ3v) is 11.6. The Balaban J connectivity index is 2.71. The van der Waals surface area contributed by atoms with Gasteiger partial charge in [-0.25, -0.2) is 9.59 Å². The number of aliphatic carboxylic acids is 2. The minimum atomic E-state index is -2.04. The minimum absolute atomic E-state index is 0.154. The Labute approximate surface area is 411 Å². The number of benzene rings is 1. The van der Waals surface area contributed by atoms with Crippen LogP contribution in [0, 0.1) is 17.8 Å². The van der Waals surface area contributed by atoms with Crippen molar-refractivity contribution in [3.8, 4) is 0 Å². The van der Waals surface area contributed by atoms with Crippen LogP contribution >= 0.6 is 0 Å². The number of rotatable bonds is 15. The van der Waals surface area contributed by atoms with Crippen LogP contribution in [0.1, 0.15) is 78.7 Å². The summed E-state index contributed by atoms with van der Waals surface area (Å²) < 4.78 is 15.1. The average molecular weight is 998 g/mol. The van der Waals surface area contributed by atoms with Gasteiger partial charge in [-0.15, -0.1) is 0 Å². The Morgan fingerprint density at radius 2 is 1.28 bits per heavy atom. The van der Waals surface area contributed by atoms with E-state index in [0.717, 1.165) is 26.7 Å². The largest absolute Gasteiger partial charge is 0.480 e. The summed E-state index contributed by atoms with van der Waals surface area (Å²) in [4.78, 5) is 144. The van der Waals surface area contributed by atoms with Crippen LogP contribution in [-0.2, 0) is 73.4 Å². The molecule has 2 rings (SSSR count). The lowest BCUT2D eigenvalue weighted by molar-refractivity contribution is -0.147. The molecule has 7 amide bonds. The molecule has 1 aliphatic rings. The van der Waals surface area contributed by atoms with Crippen LogP contribution in [0.3, 0.4) is 0 Å². The van der Waals surface area contributed by atoms with Gasteiger partial charge in [0.15, 0.2) is 0 Å². The summed E-state index contributed by atoms with van der Waals surface area (Å²) in [7, 11) is 3.74. The number of allylic oxidation sites excluding steroid dienone is 2. The topological polar surface area (TPSA) is 340 Å². The molecular weight excluding hydrogens is 931 g/mol. The number of methoxy groups -OCH3 is 3. The van der Waals surface area contributed by atoms with Crippen LogP contribution in [0.2, 0.25) is 0 Å². The molecule has 0 bridgehead atoms. The lowest BCUT2D eigenvalue weighted by Gasteiger charge is -2.28. The van der Waals surface area contributed by atoms with Crippen molar-refractivity contribution >= 4 is 65.2 Å². The van der Waals surface area contributed by atoms with Crippen LogP contribution in [0.15, 0.2) is 66.4 Å². The number of carboxylic acids is 2. The number of nitrogens with one attached hydrogen (secondary N) is 7. The van der Waals surface area contributed by atoms with Gasteiger partial charge in [0.25, 0.3) is 5.91 Å². The molecule has 0 spiro atoms. The standard InChI is InChI=1S/C48H67N7O16/c1-25(23-26(2)36(69-7)24-31-13-11-10-12-14-31)15-16-32-27(3)41(59)54-35(47(65)66)17-20-37(56)49-29(5)43(61)50-30(6)44(62)53-34(19-22-39(58)71-9)46(64)55-40(48(67)68)28(4)42(60)52-33(45(63)51-32)18-21-38(57)70-8/h10-16,23,26-28,30,32-36,40H,5,17-22,24H2,1-4,6-9H3,(H,49,56)(H,50,61)(H,51,63)(H,52,60)(H,53,62)(H,54,59)(H,55,64)(H,65,66)(H,67,68)/t26-,27-,28-,30+,32-,33-,34-,35+,36-,40+/m0/s1. The van der Waals surface area contributed by atoms with Crippen molar-refractivity contribution in [2.45, 2.75) is 122 Å². The first-order valence-corrected chi connectivity index (χ1v) is 22.8. The maximum absolute atomic E-state index is 14.3. The highest BCUT2D eigenvalue weighted by atomic mass is 16.5. The molecule has 390 valence electrons. The van der Waals surface area contributed by atoms with E-state index >= 15 is 0 Å². The Kier molecular flexibility index (Phi) is 24.9. The maximum Gasteiger partial charge on any atom is 0.327 e. The van der Waals surface area contributed by atoms with Crippen molar-refractivity contribution < 1.29 is 77.2 Å². The number of hydrogen-bond acceptors (Lipinski definition) is 14. The van der Waals surface area contributed by atoms with Gasteiger partial charge in [-0.05, 0) is 45.1 Å². The molecule has 0 aromatic heterocycles. The lowest BCUT2D eigenvalue weighted by atomic mass is 9.94. The Hall–Kier alpha value is -7.43. The third-order valence-electron chi connectivity index (χ3n) is 11.6. The van der Waals surface area contributed by atoms with Crippen LogP contribution in [0.25, 0.3) is 0 Å². The summed E-state index contributed by atoms with van der Waals surface area (Å²) in [5, 5.41) is 36.7. The summed E-state index contributed by atoms with van der Waals surface area (Å²) in [6.07, 6.45) is 2.49. The molecule has 0 unspecified atom stereocenters. The molecule has 9 N–H and O–H groups in total. The van der Waals surface area contributed by atoms with Gasteiger partial charge >= 0.3 is 23.9 Å². The number of amides is 7. The van der Waals surface area contributed by atoms with Gasteiger partial charge in [0.05, 0.1) is 43.9 Å². The van der Waals surface area contributed by atoms with Crippen molar-refractivity contribution in [1.82, 2.24) is 37.2 Å². The van der Waals surface area contributed by atoms with Crippen molar-refractivity contribution in [3.05, 3.63) is 72.0 Å². The first-order valence-electron chi connectivity index (χ1n) is 22.8. The number of hydrogen-bond donors (Lipinski definition) is 9. The van der Waals surface area contributed by atoms with Crippen molar-refractivity contribution in [3.63, 3.8) is 0 Å². The molecule has 1 fully saturated rings. The lowest BCUT2D eigenvalue weighted by Crippen LogP contribution is -2.59. The third kappa shape index (κ3) is 20.2. The highest BCUT2D eigenvalue weighted by molar-refractivity contribution is 6.00. The molecule has 23 nitrogen and oxygen atoms in total. The monoisotopic (exact) mass is 997 g/mol. The van der Waals surface area contributed by atoms with Crippen LogP contribution < -0.4 is 37.2 Å². The number of carbonyl (C=O) groups excluding carboxylic acids is 9. The van der Waals surface area contributed by atoms with Crippen molar-refractivity contribution in [2.24, 2.45) is 17.8 Å². The predicted molar refractivity (Wildman–Crippen MR) is 253 cm³/mol. The second-order valence-electron chi connectivity index (χ2n) is 17.0. The number of esters is 2. The molecule has 1 aromatic carbocycles. The fourth-order valence-electron chi connectivity index (χ4n) is 7.08. The second-order valence-corrected chi connectivity index (χ2v) is 17.0. The van der Waals surface area contributed by atoms with Gasteiger partial charge in [-0.3, -0.25) is 43.2 Å². The smallest absolute Gasteiger partial charge is 0.327 e. The van der Waals surface area contributed by atoms with E-state index in [0.29, 0.717) is 12.0 Å². The number of carboxylic acid groups (broad SMARTS) is 2. The number of ether oxygens (including phenoxy) is 3. The first kappa shape index (κ1) is 59.7. The summed E-state index contributed by atoms with van der Waals surface area (Å²) in [5.41, 5.74) is 1.14. The molecule has 1 heterocycles. The summed E-state index contributed by atoms with van der Waals surface area (Å²) in [5.74, 6) is -15.1. The molecule has 1 aliphatic heterocycles. The predicted octanol–water partition coefficient (Wildman–Crippen LogP) is 0.0829. The maximum atomic E-state index is 14.3. The van der Waals surface area contributed by atoms with Crippen molar-refractivity contribution in [2.75, 3.05) is 21.3 Å². The quantitative estimate of drug-likeness (QED) is 0.0638. The normalized spacial score (nSPS) is 25.0. The Bertz CT molecular complexity index is 2180. The molecular formula is C48H67N7O16. The van der Waals surface area contributed by atoms with E-state index in [4.69, 9.17) is 9.47 Å². The van der Waals surface area contributed by atoms with Gasteiger partial charge in [0.1, 0.15) is 30.2 Å². The van der Waals surface area contributed by atoms with Gasteiger partial charge in [-0.2, -0.15) is 0 Å². The zero-order valence-corrected chi connectivity index (χ0v) is 41.2. The van der Waals surface area contributed by atoms with E-state index in [-0.39, 0.29) is 12.0 Å². The Morgan fingerprint density at radius 1 is 0.732 bits per heavy atom. The fraction of sp³-hybridized carbons (Fsp3) is 0.521. The zero-order chi connectivity index (χ0) is 53.5. The molecule has 1 aromatic rings. The van der Waals surface area contributed by atoms with E-state index in [2.05, 4.69) is 48.5 Å². The number of carbonyl (C=O) groups is 11. The first-order chi connectivity index (χ1) is 33.4. The van der Waals surface area contributed by atoms with Gasteiger partial charge in [0.2, 0.25) is 35.4 Å². The van der Waals surface area contributed by atoms with Crippen LogP contribution in [0.5, 0.6) is 0 Å². The molecule has 23 heteroatoms. The van der Waals surface area contributed by atoms with Crippen molar-refractivity contribution in [1.29, 1.82) is 0 Å². The van der Waals surface area contributed by atoms with Gasteiger partial charge < -0.3 is 61.6 Å². The van der Waals surface area contributed by atoms with Gasteiger partial charge in [-0.1, -0.05) is 81.5 Å². The summed E-state index contributed by atoms with van der Waals surface area (Å²) >= 11 is 0. The van der Waals surface area contributed by atoms with Crippen LogP contribution in [0.4, 0.5) is 0 Å². The SMILES string of the molecule is C=C1NC(=O)CC[C@H](C(=O)O)NC(=O)[C@@H](C)[C@H](C=CC(C)=C[C@H](C)[C@H](Cc2ccccc2)OC)NC(=O)[C@H](CCC(=O)OC)NC(=O)[C@@H](C)[C@H](C(=O)O)NC(=O)[C@H](CCC(=O)OC)NC(=O)[C@@H](C)NC1=O. The highest BCUT2D eigenvalue weighted by Crippen LogP contribution is 2.19. The summed E-state index contributed by atoms with van der Waals surface area (Å²) in [6, 6.07) is -0.0328. The zero-order valence-electron chi connectivity index (χ0n) is 41.2. The minimum Gasteiger partial charge on any atom is -0.480 e. The van der Waals surface area contributed by atoms with Gasteiger partial charge in [0, 0.05) is 32.3 Å². The van der Waals surface area contributed by atoms with E-state index < -0.39 is 158 Å². The van der Waals surface area contributed by atoms with Crippen LogP contribution in [-0.4, -0.2) is 139 Å². The molecule has 1 saturated heterocycles. The summed E-state index contributed by atoms with van der Waals surface area (Å²) in [6.45, 7) is 10.9. The average Bonchev–Trinajstić information content (AvgIpc) is 3.33. The van der Waals surface area contributed by atoms with E-state index in [1.54, 1.807) is 20.1 Å². The fourth-order valence-corrected chi connectivity index (χ4v) is 7.08. The van der Waals surface area contributed by atoms with E-state index in [1.807, 2.05) is 43.3 Å². The molecule has 10 atom stereocenters. The van der Waals surface area contributed by atoms with E-state index in [9.17, 15) is 63.0 Å².